The molecule has 0 saturated heterocycles. The Morgan fingerprint density at radius 3 is 2.00 bits per heavy atom. The summed E-state index contributed by atoms with van der Waals surface area (Å²) in [6, 6.07) is 0. The van der Waals surface area contributed by atoms with Crippen LogP contribution in [0.3, 0.4) is 0 Å². The molecule has 0 aliphatic heterocycles. The molecule has 0 bridgehead atoms. The summed E-state index contributed by atoms with van der Waals surface area (Å²) in [6.45, 7) is 4.81. The molecule has 0 aromatic carbocycles. The Bertz CT molecular complexity index is 237. The molecule has 1 N–H and O–H groups in total. The van der Waals surface area contributed by atoms with Crippen molar-refractivity contribution in [3.63, 3.8) is 0 Å². The molecule has 0 aliphatic carbocycles. The van der Waals surface area contributed by atoms with Crippen LogP contribution in [-0.2, 0) is 10.0 Å². The van der Waals surface area contributed by atoms with Crippen LogP contribution in [-0.4, -0.2) is 20.7 Å². The van der Waals surface area contributed by atoms with E-state index in [0.717, 1.165) is 25.7 Å². The van der Waals surface area contributed by atoms with E-state index in [9.17, 15) is 8.42 Å². The van der Waals surface area contributed by atoms with Crippen LogP contribution in [0.5, 0.6) is 0 Å². The van der Waals surface area contributed by atoms with Crippen LogP contribution >= 0.6 is 0 Å². The number of hydrogen-bond donors (Lipinski definition) is 1. The second-order valence-electron chi connectivity index (χ2n) is 4.33. The lowest BCUT2D eigenvalue weighted by atomic mass is 10.1. The van der Waals surface area contributed by atoms with Gasteiger partial charge in [0.05, 0.1) is 5.75 Å². The van der Waals surface area contributed by atoms with Crippen molar-refractivity contribution in [2.45, 2.75) is 65.2 Å². The van der Waals surface area contributed by atoms with E-state index in [2.05, 4.69) is 11.6 Å². The Labute approximate surface area is 101 Å². The fourth-order valence-corrected chi connectivity index (χ4v) is 2.81. The van der Waals surface area contributed by atoms with Gasteiger partial charge in [0.25, 0.3) is 0 Å². The van der Waals surface area contributed by atoms with Gasteiger partial charge in [-0.15, -0.1) is 0 Å². The summed E-state index contributed by atoms with van der Waals surface area (Å²) in [5.41, 5.74) is 0. The van der Waals surface area contributed by atoms with Gasteiger partial charge in [0, 0.05) is 6.54 Å². The predicted molar refractivity (Wildman–Crippen MR) is 70.1 cm³/mol. The smallest absolute Gasteiger partial charge is 0.211 e. The van der Waals surface area contributed by atoms with Gasteiger partial charge >= 0.3 is 0 Å². The molecule has 0 spiro atoms. The van der Waals surface area contributed by atoms with E-state index in [-0.39, 0.29) is 5.75 Å². The molecule has 16 heavy (non-hydrogen) atoms. The summed E-state index contributed by atoms with van der Waals surface area (Å²) in [5, 5.41) is 0. The lowest BCUT2D eigenvalue weighted by Gasteiger charge is -2.05. The Kier molecular flexibility index (Phi) is 10.0. The van der Waals surface area contributed by atoms with Crippen LogP contribution in [0.2, 0.25) is 0 Å². The summed E-state index contributed by atoms with van der Waals surface area (Å²) in [5.74, 6) is 0.277. The van der Waals surface area contributed by atoms with Gasteiger partial charge in [0.15, 0.2) is 0 Å². The Hall–Kier alpha value is -0.0900. The van der Waals surface area contributed by atoms with E-state index in [1.807, 2.05) is 6.92 Å². The third kappa shape index (κ3) is 10.4. The Morgan fingerprint density at radius 2 is 1.38 bits per heavy atom. The largest absolute Gasteiger partial charge is 0.215 e. The van der Waals surface area contributed by atoms with Gasteiger partial charge in [-0.2, -0.15) is 0 Å². The molecular formula is C12H27NO2S. The van der Waals surface area contributed by atoms with Gasteiger partial charge in [-0.25, -0.2) is 13.1 Å². The first kappa shape index (κ1) is 15.9. The van der Waals surface area contributed by atoms with Crippen LogP contribution in [0, 0.1) is 0 Å². The predicted octanol–water partition coefficient (Wildman–Crippen LogP) is 3.07. The summed E-state index contributed by atoms with van der Waals surface area (Å²) in [6.07, 6.45) is 8.84. The molecule has 0 aliphatic rings. The quantitative estimate of drug-likeness (QED) is 0.572. The van der Waals surface area contributed by atoms with Gasteiger partial charge in [-0.05, 0) is 12.8 Å². The molecule has 0 unspecified atom stereocenters. The lowest BCUT2D eigenvalue weighted by molar-refractivity contribution is 0.565. The van der Waals surface area contributed by atoms with Crippen molar-refractivity contribution in [2.24, 2.45) is 0 Å². The summed E-state index contributed by atoms with van der Waals surface area (Å²) < 4.78 is 25.5. The van der Waals surface area contributed by atoms with Crippen LogP contribution in [0.1, 0.15) is 65.2 Å². The highest BCUT2D eigenvalue weighted by molar-refractivity contribution is 7.89. The molecule has 0 heterocycles. The molecule has 0 amide bonds. The fourth-order valence-electron chi connectivity index (χ4n) is 1.54. The fraction of sp³-hybridized carbons (Fsp3) is 1.00. The first-order valence-corrected chi connectivity index (χ1v) is 8.25. The van der Waals surface area contributed by atoms with Crippen molar-refractivity contribution in [1.29, 1.82) is 0 Å². The maximum Gasteiger partial charge on any atom is 0.211 e. The first-order chi connectivity index (χ1) is 7.62. The Balaban J connectivity index is 3.36. The first-order valence-electron chi connectivity index (χ1n) is 6.59. The maximum atomic E-state index is 11.4. The molecule has 0 aromatic heterocycles. The van der Waals surface area contributed by atoms with Crippen LogP contribution < -0.4 is 4.72 Å². The monoisotopic (exact) mass is 249 g/mol. The van der Waals surface area contributed by atoms with Crippen LogP contribution in [0.4, 0.5) is 0 Å². The van der Waals surface area contributed by atoms with E-state index in [0.29, 0.717) is 6.54 Å². The average molecular weight is 249 g/mol. The number of nitrogens with one attached hydrogen (secondary N) is 1. The second kappa shape index (κ2) is 10.1. The lowest BCUT2D eigenvalue weighted by Crippen LogP contribution is -2.27. The zero-order valence-corrected chi connectivity index (χ0v) is 11.6. The summed E-state index contributed by atoms with van der Waals surface area (Å²) in [7, 11) is -2.99. The molecule has 0 aromatic rings. The molecular weight excluding hydrogens is 222 g/mol. The minimum absolute atomic E-state index is 0.277. The maximum absolute atomic E-state index is 11.4. The van der Waals surface area contributed by atoms with Crippen molar-refractivity contribution in [3.8, 4) is 0 Å². The van der Waals surface area contributed by atoms with Crippen molar-refractivity contribution in [3.05, 3.63) is 0 Å². The molecule has 0 fully saturated rings. The zero-order valence-electron chi connectivity index (χ0n) is 10.8. The normalized spacial score (nSPS) is 11.9. The summed E-state index contributed by atoms with van der Waals surface area (Å²) >= 11 is 0. The molecule has 4 heteroatoms. The standard InChI is InChI=1S/C12H27NO2S/c1-3-5-7-8-9-10-11-13-16(14,15)12-6-4-2/h13H,3-12H2,1-2H3. The van der Waals surface area contributed by atoms with Gasteiger partial charge in [-0.1, -0.05) is 52.4 Å². The molecule has 0 saturated carbocycles. The van der Waals surface area contributed by atoms with E-state index in [1.165, 1.54) is 25.7 Å². The second-order valence-corrected chi connectivity index (χ2v) is 6.26. The number of rotatable bonds is 11. The number of hydrogen-bond acceptors (Lipinski definition) is 2. The number of unbranched alkanes of at least 4 members (excludes halogenated alkanes) is 6. The van der Waals surface area contributed by atoms with Crippen molar-refractivity contribution in [1.82, 2.24) is 4.72 Å². The number of sulfonamides is 1. The van der Waals surface area contributed by atoms with E-state index < -0.39 is 10.0 Å². The van der Waals surface area contributed by atoms with E-state index in [4.69, 9.17) is 0 Å². The van der Waals surface area contributed by atoms with E-state index >= 15 is 0 Å². The molecule has 0 rings (SSSR count). The van der Waals surface area contributed by atoms with Gasteiger partial charge in [-0.3, -0.25) is 0 Å². The van der Waals surface area contributed by atoms with Crippen molar-refractivity contribution in [2.75, 3.05) is 12.3 Å². The molecule has 3 nitrogen and oxygen atoms in total. The van der Waals surface area contributed by atoms with Crippen LogP contribution in [0.25, 0.3) is 0 Å². The Morgan fingerprint density at radius 1 is 0.812 bits per heavy atom. The van der Waals surface area contributed by atoms with Crippen molar-refractivity contribution < 1.29 is 8.42 Å². The minimum Gasteiger partial charge on any atom is -0.215 e. The van der Waals surface area contributed by atoms with Crippen molar-refractivity contribution >= 4 is 10.0 Å². The van der Waals surface area contributed by atoms with Gasteiger partial charge < -0.3 is 0 Å². The SMILES string of the molecule is CCCCCCCCNS(=O)(=O)CCCC. The molecule has 0 atom stereocenters. The highest BCUT2D eigenvalue weighted by atomic mass is 32.2. The third-order valence-electron chi connectivity index (χ3n) is 2.62. The van der Waals surface area contributed by atoms with E-state index in [1.54, 1.807) is 0 Å². The third-order valence-corrected chi connectivity index (χ3v) is 4.09. The topological polar surface area (TPSA) is 46.2 Å². The highest BCUT2D eigenvalue weighted by Gasteiger charge is 2.07. The van der Waals surface area contributed by atoms with Gasteiger partial charge in [0.2, 0.25) is 10.0 Å². The van der Waals surface area contributed by atoms with Gasteiger partial charge in [0.1, 0.15) is 0 Å². The van der Waals surface area contributed by atoms with Crippen LogP contribution in [0.15, 0.2) is 0 Å². The highest BCUT2D eigenvalue weighted by Crippen LogP contribution is 2.04. The molecule has 98 valence electrons. The minimum atomic E-state index is -2.99. The summed E-state index contributed by atoms with van der Waals surface area (Å²) in [4.78, 5) is 0. The average Bonchev–Trinajstić information content (AvgIpc) is 2.25. The zero-order chi connectivity index (χ0) is 12.3. The molecule has 0 radical (unpaired) electrons.